The largest absolute Gasteiger partial charge is 0.296 e. The van der Waals surface area contributed by atoms with E-state index in [0.717, 1.165) is 17.6 Å². The van der Waals surface area contributed by atoms with Crippen LogP contribution in [0.15, 0.2) is 36.0 Å². The van der Waals surface area contributed by atoms with Crippen molar-refractivity contribution in [1.82, 2.24) is 5.32 Å². The molecule has 0 heterocycles. The molecular weight excluding hydrogens is 250 g/mol. The Morgan fingerprint density at radius 1 is 1.20 bits per heavy atom. The summed E-state index contributed by atoms with van der Waals surface area (Å²) in [6.45, 7) is 13.7. The molecule has 0 radical (unpaired) electrons. The molecule has 0 aliphatic carbocycles. The summed E-state index contributed by atoms with van der Waals surface area (Å²) < 4.78 is 0. The van der Waals surface area contributed by atoms with Gasteiger partial charge in [-0.3, -0.25) is 14.9 Å². The van der Waals surface area contributed by atoms with Crippen LogP contribution in [0.4, 0.5) is 0 Å². The van der Waals surface area contributed by atoms with E-state index in [-0.39, 0.29) is 17.7 Å². The fourth-order valence-electron chi connectivity index (χ4n) is 1.57. The first-order valence-electron chi connectivity index (χ1n) is 7.20. The summed E-state index contributed by atoms with van der Waals surface area (Å²) in [5.41, 5.74) is 1.90. The summed E-state index contributed by atoms with van der Waals surface area (Å²) in [6, 6.07) is 0. The number of imide groups is 1. The molecule has 0 spiro atoms. The van der Waals surface area contributed by atoms with Gasteiger partial charge in [0.1, 0.15) is 0 Å². The minimum absolute atomic E-state index is 0.213. The highest BCUT2D eigenvalue weighted by Crippen LogP contribution is 2.15. The first-order valence-corrected chi connectivity index (χ1v) is 7.20. The summed E-state index contributed by atoms with van der Waals surface area (Å²) in [5.74, 6) is -0.441. The molecule has 2 amide bonds. The van der Waals surface area contributed by atoms with Gasteiger partial charge in [0.05, 0.1) is 5.92 Å². The zero-order chi connectivity index (χ0) is 15.7. The Labute approximate surface area is 122 Å². The van der Waals surface area contributed by atoms with Crippen molar-refractivity contribution >= 4 is 11.8 Å². The molecular formula is C17H27NO2. The molecule has 20 heavy (non-hydrogen) atoms. The van der Waals surface area contributed by atoms with Gasteiger partial charge in [-0.05, 0) is 31.8 Å². The van der Waals surface area contributed by atoms with Crippen molar-refractivity contribution in [2.24, 2.45) is 11.8 Å². The van der Waals surface area contributed by atoms with Gasteiger partial charge >= 0.3 is 0 Å². The molecule has 0 aliphatic rings. The molecule has 0 bridgehead atoms. The Bertz CT molecular complexity index is 417. The Morgan fingerprint density at radius 2 is 1.80 bits per heavy atom. The average Bonchev–Trinajstić information content (AvgIpc) is 2.38. The van der Waals surface area contributed by atoms with Crippen LogP contribution in [-0.4, -0.2) is 11.8 Å². The monoisotopic (exact) mass is 277 g/mol. The van der Waals surface area contributed by atoms with Crippen molar-refractivity contribution in [2.75, 3.05) is 0 Å². The fourth-order valence-corrected chi connectivity index (χ4v) is 1.57. The number of nitrogens with one attached hydrogen (secondary N) is 1. The van der Waals surface area contributed by atoms with Crippen LogP contribution in [0.1, 0.15) is 47.5 Å². The van der Waals surface area contributed by atoms with E-state index in [9.17, 15) is 9.59 Å². The number of hydrogen-bond donors (Lipinski definition) is 1. The summed E-state index contributed by atoms with van der Waals surface area (Å²) in [6.07, 6.45) is 6.83. The highest BCUT2D eigenvalue weighted by atomic mass is 16.2. The molecule has 0 saturated carbocycles. The molecule has 0 aromatic heterocycles. The second kappa shape index (κ2) is 9.29. The number of rotatable bonds is 7. The van der Waals surface area contributed by atoms with Gasteiger partial charge in [0.2, 0.25) is 11.8 Å². The maximum Gasteiger partial charge on any atom is 0.233 e. The van der Waals surface area contributed by atoms with Crippen molar-refractivity contribution < 1.29 is 9.59 Å². The zero-order valence-corrected chi connectivity index (χ0v) is 13.3. The van der Waals surface area contributed by atoms with Gasteiger partial charge in [-0.25, -0.2) is 0 Å². The lowest BCUT2D eigenvalue weighted by atomic mass is 9.97. The highest BCUT2D eigenvalue weighted by molar-refractivity contribution is 5.97. The van der Waals surface area contributed by atoms with Crippen LogP contribution in [0, 0.1) is 11.8 Å². The maximum absolute atomic E-state index is 12.0. The predicted octanol–water partition coefficient (Wildman–Crippen LogP) is 3.78. The van der Waals surface area contributed by atoms with Gasteiger partial charge < -0.3 is 0 Å². The molecule has 3 heteroatoms. The van der Waals surface area contributed by atoms with E-state index in [1.807, 2.05) is 32.1 Å². The molecule has 1 atom stereocenters. The van der Waals surface area contributed by atoms with Gasteiger partial charge in [-0.15, -0.1) is 0 Å². The van der Waals surface area contributed by atoms with Crippen LogP contribution in [0.3, 0.4) is 0 Å². The first kappa shape index (κ1) is 18.4. The lowest BCUT2D eigenvalue weighted by Crippen LogP contribution is -2.34. The average molecular weight is 277 g/mol. The van der Waals surface area contributed by atoms with Crippen molar-refractivity contribution in [3.63, 3.8) is 0 Å². The maximum atomic E-state index is 12.0. The third kappa shape index (κ3) is 6.50. The lowest BCUT2D eigenvalue weighted by Gasteiger charge is -2.13. The number of amides is 2. The molecule has 112 valence electrons. The summed E-state index contributed by atoms with van der Waals surface area (Å²) in [4.78, 5) is 23.4. The SMILES string of the molecule is C=C(/C=C\C(=C/C)C(C)C(=O)NC(=O)CCC)C(C)C. The normalized spacial score (nSPS) is 13.6. The second-order valence-electron chi connectivity index (χ2n) is 5.24. The van der Waals surface area contributed by atoms with Crippen LogP contribution in [0.5, 0.6) is 0 Å². The van der Waals surface area contributed by atoms with E-state index in [2.05, 4.69) is 25.7 Å². The van der Waals surface area contributed by atoms with E-state index in [1.54, 1.807) is 6.92 Å². The van der Waals surface area contributed by atoms with E-state index >= 15 is 0 Å². The minimum Gasteiger partial charge on any atom is -0.296 e. The van der Waals surface area contributed by atoms with Gasteiger partial charge in [0.15, 0.2) is 0 Å². The van der Waals surface area contributed by atoms with Crippen molar-refractivity contribution in [1.29, 1.82) is 0 Å². The van der Waals surface area contributed by atoms with Crippen LogP contribution in [0.2, 0.25) is 0 Å². The van der Waals surface area contributed by atoms with Crippen molar-refractivity contribution in [3.8, 4) is 0 Å². The molecule has 0 aromatic rings. The quantitative estimate of drug-likeness (QED) is 0.720. The Hall–Kier alpha value is -1.64. The standard InChI is InChI=1S/C17H27NO2/c1-7-9-16(19)18-17(20)14(6)15(8-2)11-10-13(5)12(3)4/h8,10-12,14H,5,7,9H2,1-4,6H3,(H,18,19,20)/b11-10-,15-8+. The minimum atomic E-state index is -0.350. The lowest BCUT2D eigenvalue weighted by molar-refractivity contribution is -0.131. The predicted molar refractivity (Wildman–Crippen MR) is 84.1 cm³/mol. The number of hydrogen-bond acceptors (Lipinski definition) is 2. The van der Waals surface area contributed by atoms with Crippen LogP contribution in [0.25, 0.3) is 0 Å². The third-order valence-electron chi connectivity index (χ3n) is 3.20. The molecule has 0 aliphatic heterocycles. The van der Waals surface area contributed by atoms with E-state index in [4.69, 9.17) is 0 Å². The molecule has 0 fully saturated rings. The summed E-state index contributed by atoms with van der Waals surface area (Å²) >= 11 is 0. The topological polar surface area (TPSA) is 46.2 Å². The molecule has 3 nitrogen and oxygen atoms in total. The zero-order valence-electron chi connectivity index (χ0n) is 13.3. The van der Waals surface area contributed by atoms with E-state index in [1.165, 1.54) is 0 Å². The third-order valence-corrected chi connectivity index (χ3v) is 3.20. The molecule has 1 N–H and O–H groups in total. The van der Waals surface area contributed by atoms with Gasteiger partial charge in [0, 0.05) is 6.42 Å². The van der Waals surface area contributed by atoms with Gasteiger partial charge in [0.25, 0.3) is 0 Å². The summed E-state index contributed by atoms with van der Waals surface area (Å²) in [7, 11) is 0. The van der Waals surface area contributed by atoms with E-state index in [0.29, 0.717) is 12.3 Å². The van der Waals surface area contributed by atoms with Gasteiger partial charge in [-0.2, -0.15) is 0 Å². The molecule has 0 saturated heterocycles. The van der Waals surface area contributed by atoms with Crippen LogP contribution in [-0.2, 0) is 9.59 Å². The first-order chi connectivity index (χ1) is 9.33. The Kier molecular flexibility index (Phi) is 8.53. The number of allylic oxidation sites excluding steroid dienone is 4. The Morgan fingerprint density at radius 3 is 2.25 bits per heavy atom. The van der Waals surface area contributed by atoms with E-state index < -0.39 is 0 Å². The van der Waals surface area contributed by atoms with Crippen molar-refractivity contribution in [2.45, 2.75) is 47.5 Å². The van der Waals surface area contributed by atoms with Crippen LogP contribution < -0.4 is 5.32 Å². The molecule has 1 unspecified atom stereocenters. The highest BCUT2D eigenvalue weighted by Gasteiger charge is 2.17. The fraction of sp³-hybridized carbons (Fsp3) is 0.529. The molecule has 0 rings (SSSR count). The Balaban J connectivity index is 4.71. The summed E-state index contributed by atoms with van der Waals surface area (Å²) in [5, 5.41) is 2.43. The van der Waals surface area contributed by atoms with Crippen LogP contribution >= 0.6 is 0 Å². The number of carbonyl (C=O) groups is 2. The molecule has 0 aromatic carbocycles. The second-order valence-corrected chi connectivity index (χ2v) is 5.24. The smallest absolute Gasteiger partial charge is 0.233 e. The van der Waals surface area contributed by atoms with Crippen molar-refractivity contribution in [3.05, 3.63) is 36.0 Å². The van der Waals surface area contributed by atoms with Gasteiger partial charge in [-0.1, -0.05) is 51.2 Å². The number of carbonyl (C=O) groups excluding carboxylic acids is 2.